The average molecular weight is 331 g/mol. The van der Waals surface area contributed by atoms with Crippen LogP contribution < -0.4 is 0 Å². The number of hydrogen-bond acceptors (Lipinski definition) is 5. The first-order valence-corrected chi connectivity index (χ1v) is 9.32. The van der Waals surface area contributed by atoms with E-state index in [1.165, 1.54) is 24.8 Å². The van der Waals surface area contributed by atoms with Crippen LogP contribution in [0.5, 0.6) is 0 Å². The fourth-order valence-electron chi connectivity index (χ4n) is 3.52. The number of carbonyl (C=O) groups excluding carboxylic acids is 1. The summed E-state index contributed by atoms with van der Waals surface area (Å²) in [5, 5.41) is 8.23. The summed E-state index contributed by atoms with van der Waals surface area (Å²) in [7, 11) is 0. The minimum Gasteiger partial charge on any atom is -0.341 e. The van der Waals surface area contributed by atoms with Crippen LogP contribution in [0.3, 0.4) is 0 Å². The highest BCUT2D eigenvalue weighted by Crippen LogP contribution is 2.33. The Kier molecular flexibility index (Phi) is 3.93. The fourth-order valence-corrected chi connectivity index (χ4v) is 4.35. The average Bonchev–Trinajstić information content (AvgIpc) is 3.15. The van der Waals surface area contributed by atoms with E-state index in [0.29, 0.717) is 17.6 Å². The van der Waals surface area contributed by atoms with Crippen molar-refractivity contribution in [2.75, 3.05) is 13.1 Å². The minimum atomic E-state index is 0.197. The molecule has 0 bridgehead atoms. The number of aryl methyl sites for hydroxylation is 1. The molecular weight excluding hydrogens is 310 g/mol. The van der Waals surface area contributed by atoms with E-state index in [1.54, 1.807) is 11.3 Å². The zero-order valence-corrected chi connectivity index (χ0v) is 14.1. The summed E-state index contributed by atoms with van der Waals surface area (Å²) in [5.41, 5.74) is 2.21. The molecule has 0 radical (unpaired) electrons. The Bertz CT molecular complexity index is 696. The second-order valence-corrected chi connectivity index (χ2v) is 7.44. The van der Waals surface area contributed by atoms with Crippen molar-refractivity contribution in [2.24, 2.45) is 5.92 Å². The van der Waals surface area contributed by atoms with Crippen LogP contribution in [-0.2, 0) is 4.79 Å². The summed E-state index contributed by atoms with van der Waals surface area (Å²) in [6.07, 6.45) is 5.78. The number of amides is 1. The molecule has 1 saturated heterocycles. The molecule has 0 N–H and O–H groups in total. The summed E-state index contributed by atoms with van der Waals surface area (Å²) in [4.78, 5) is 18.9. The monoisotopic (exact) mass is 331 g/mol. The van der Waals surface area contributed by atoms with Crippen molar-refractivity contribution in [2.45, 2.75) is 44.9 Å². The summed E-state index contributed by atoms with van der Waals surface area (Å²) >= 11 is 1.64. The Morgan fingerprint density at radius 2 is 2.04 bits per heavy atom. The number of hydrogen-bond donors (Lipinski definition) is 0. The third-order valence-electron chi connectivity index (χ3n) is 5.04. The van der Waals surface area contributed by atoms with E-state index < -0.39 is 0 Å². The lowest BCUT2D eigenvalue weighted by Crippen LogP contribution is -2.51. The molecule has 122 valence electrons. The molecule has 2 aromatic heterocycles. The smallest absolute Gasteiger partial charge is 0.233 e. The topological polar surface area (TPSA) is 59.2 Å². The molecule has 0 unspecified atom stereocenters. The lowest BCUT2D eigenvalue weighted by Gasteiger charge is -2.39. The zero-order valence-electron chi connectivity index (χ0n) is 13.3. The van der Waals surface area contributed by atoms with Gasteiger partial charge >= 0.3 is 0 Å². The number of thiophene rings is 1. The van der Waals surface area contributed by atoms with E-state index >= 15 is 0 Å². The van der Waals surface area contributed by atoms with Crippen molar-refractivity contribution in [1.82, 2.24) is 15.0 Å². The van der Waals surface area contributed by atoms with Crippen LogP contribution >= 0.6 is 11.3 Å². The van der Waals surface area contributed by atoms with Crippen molar-refractivity contribution in [3.05, 3.63) is 22.2 Å². The molecule has 0 atom stereocenters. The number of aromatic nitrogens is 2. The predicted octanol–water partition coefficient (Wildman–Crippen LogP) is 3.61. The van der Waals surface area contributed by atoms with Crippen LogP contribution in [0, 0.1) is 12.8 Å². The minimum absolute atomic E-state index is 0.197. The standard InChI is InChI=1S/C17H21N3O2S/c1-11-9-23-10-14(11)15-18-16(22-19-15)13-7-20(8-13)17(21)12-5-3-2-4-6-12/h9-10,12-13H,2-8H2,1H3. The SMILES string of the molecule is Cc1cscc1-c1noc(C2CN(C(=O)C3CCCCC3)C2)n1. The largest absolute Gasteiger partial charge is 0.341 e. The molecule has 4 rings (SSSR count). The second-order valence-electron chi connectivity index (χ2n) is 6.70. The molecule has 1 aliphatic carbocycles. The lowest BCUT2D eigenvalue weighted by atomic mass is 9.86. The van der Waals surface area contributed by atoms with Crippen LogP contribution in [0.1, 0.15) is 49.5 Å². The third-order valence-corrected chi connectivity index (χ3v) is 5.90. The quantitative estimate of drug-likeness (QED) is 0.862. The van der Waals surface area contributed by atoms with Gasteiger partial charge in [-0.1, -0.05) is 24.4 Å². The van der Waals surface area contributed by atoms with Gasteiger partial charge in [-0.25, -0.2) is 0 Å². The highest BCUT2D eigenvalue weighted by atomic mass is 32.1. The molecule has 5 nitrogen and oxygen atoms in total. The predicted molar refractivity (Wildman–Crippen MR) is 88.2 cm³/mol. The fraction of sp³-hybridized carbons (Fsp3) is 0.588. The summed E-state index contributed by atoms with van der Waals surface area (Å²) in [6.45, 7) is 3.49. The van der Waals surface area contributed by atoms with Gasteiger partial charge in [0.15, 0.2) is 0 Å². The molecule has 23 heavy (non-hydrogen) atoms. The van der Waals surface area contributed by atoms with Crippen LogP contribution in [0.15, 0.2) is 15.3 Å². The van der Waals surface area contributed by atoms with Gasteiger partial charge in [0.2, 0.25) is 17.6 Å². The number of carbonyl (C=O) groups is 1. The van der Waals surface area contributed by atoms with Crippen molar-refractivity contribution in [1.29, 1.82) is 0 Å². The van der Waals surface area contributed by atoms with Gasteiger partial charge in [0.05, 0.1) is 5.92 Å². The molecule has 6 heteroatoms. The van der Waals surface area contributed by atoms with Gasteiger partial charge in [-0.2, -0.15) is 16.3 Å². The third kappa shape index (κ3) is 2.80. The van der Waals surface area contributed by atoms with Crippen molar-refractivity contribution in [3.63, 3.8) is 0 Å². The molecule has 0 spiro atoms. The van der Waals surface area contributed by atoms with Crippen molar-refractivity contribution >= 4 is 17.2 Å². The highest BCUT2D eigenvalue weighted by molar-refractivity contribution is 7.08. The molecule has 2 aliphatic rings. The maximum absolute atomic E-state index is 12.5. The number of rotatable bonds is 3. The van der Waals surface area contributed by atoms with E-state index in [2.05, 4.69) is 22.4 Å². The molecule has 1 saturated carbocycles. The summed E-state index contributed by atoms with van der Waals surface area (Å²) < 4.78 is 5.43. The number of nitrogens with zero attached hydrogens (tertiary/aromatic N) is 3. The molecule has 1 aliphatic heterocycles. The van der Waals surface area contributed by atoms with Gasteiger partial charge in [0.25, 0.3) is 0 Å². The van der Waals surface area contributed by atoms with Crippen molar-refractivity contribution in [3.8, 4) is 11.4 Å². The van der Waals surface area contributed by atoms with E-state index in [4.69, 9.17) is 4.52 Å². The van der Waals surface area contributed by atoms with E-state index in [1.807, 2.05) is 10.3 Å². The van der Waals surface area contributed by atoms with E-state index in [9.17, 15) is 4.79 Å². The molecule has 1 amide bonds. The van der Waals surface area contributed by atoms with Gasteiger partial charge in [-0.3, -0.25) is 4.79 Å². The molecule has 2 aromatic rings. The van der Waals surface area contributed by atoms with Gasteiger partial charge < -0.3 is 9.42 Å². The van der Waals surface area contributed by atoms with Gasteiger partial charge in [-0.15, -0.1) is 0 Å². The maximum Gasteiger partial charge on any atom is 0.233 e. The van der Waals surface area contributed by atoms with Crippen LogP contribution in [0.4, 0.5) is 0 Å². The Morgan fingerprint density at radius 3 is 2.74 bits per heavy atom. The van der Waals surface area contributed by atoms with E-state index in [-0.39, 0.29) is 11.8 Å². The van der Waals surface area contributed by atoms with Gasteiger partial charge in [-0.05, 0) is 30.7 Å². The molecule has 3 heterocycles. The first-order chi connectivity index (χ1) is 11.2. The van der Waals surface area contributed by atoms with Gasteiger partial charge in [0, 0.05) is 30.0 Å². The Morgan fingerprint density at radius 1 is 1.26 bits per heavy atom. The first kappa shape index (κ1) is 14.9. The maximum atomic E-state index is 12.5. The Balaban J connectivity index is 1.38. The van der Waals surface area contributed by atoms with E-state index in [0.717, 1.165) is 31.5 Å². The van der Waals surface area contributed by atoms with Gasteiger partial charge in [0.1, 0.15) is 0 Å². The second kappa shape index (κ2) is 6.07. The summed E-state index contributed by atoms with van der Waals surface area (Å²) in [5.74, 6) is 2.10. The van der Waals surface area contributed by atoms with Crippen molar-refractivity contribution < 1.29 is 9.32 Å². The Labute approximate surface area is 139 Å². The first-order valence-electron chi connectivity index (χ1n) is 8.38. The molecule has 0 aromatic carbocycles. The zero-order chi connectivity index (χ0) is 15.8. The molecule has 2 fully saturated rings. The Hall–Kier alpha value is -1.69. The van der Waals surface area contributed by atoms with Crippen LogP contribution in [-0.4, -0.2) is 34.0 Å². The normalized spacial score (nSPS) is 19.8. The van der Waals surface area contributed by atoms with Crippen LogP contribution in [0.25, 0.3) is 11.4 Å². The summed E-state index contributed by atoms with van der Waals surface area (Å²) in [6, 6.07) is 0. The molecular formula is C17H21N3O2S. The number of likely N-dealkylation sites (tertiary alicyclic amines) is 1. The highest BCUT2D eigenvalue weighted by Gasteiger charge is 2.38. The lowest BCUT2D eigenvalue weighted by molar-refractivity contribution is -0.141. The van der Waals surface area contributed by atoms with Crippen LogP contribution in [0.2, 0.25) is 0 Å².